The van der Waals surface area contributed by atoms with Gasteiger partial charge in [-0.25, -0.2) is 4.79 Å². The number of nitrogens with zero attached hydrogens (tertiary/aromatic N) is 3. The fraction of sp³-hybridized carbons (Fsp3) is 0.667. The third-order valence-electron chi connectivity index (χ3n) is 6.45. The average molecular weight is 631 g/mol. The Bertz CT molecular complexity index is 1230. The lowest BCUT2D eigenvalue weighted by atomic mass is 10.1. The summed E-state index contributed by atoms with van der Waals surface area (Å²) < 4.78 is 26.7. The Labute approximate surface area is 248 Å². The molecule has 2 heterocycles. The lowest BCUT2D eigenvalue weighted by molar-refractivity contribution is -0.0501. The van der Waals surface area contributed by atoms with Crippen LogP contribution in [0.3, 0.4) is 0 Å². The maximum absolute atomic E-state index is 12.9. The van der Waals surface area contributed by atoms with Crippen LogP contribution in [0.4, 0.5) is 0 Å². The summed E-state index contributed by atoms with van der Waals surface area (Å²) >= 11 is 13.3. The number of H-pyrrole nitrogens is 1. The molecule has 0 saturated carbocycles. The van der Waals surface area contributed by atoms with Gasteiger partial charge in [0.2, 0.25) is 8.77 Å². The van der Waals surface area contributed by atoms with Crippen LogP contribution in [-0.2, 0) is 18.6 Å². The lowest BCUT2D eigenvalue weighted by Gasteiger charge is -2.37. The molecule has 4 atom stereocenters. The van der Waals surface area contributed by atoms with E-state index < -0.39 is 44.1 Å². The van der Waals surface area contributed by atoms with Crippen LogP contribution in [0.1, 0.15) is 45.4 Å². The fourth-order valence-corrected chi connectivity index (χ4v) is 6.08. The molecule has 1 aliphatic heterocycles. The van der Waals surface area contributed by atoms with E-state index in [1.54, 1.807) is 6.92 Å². The summed E-state index contributed by atoms with van der Waals surface area (Å²) in [5.41, 5.74) is -0.873. The number of ether oxygens (including phenoxy) is 3. The molecule has 1 aromatic heterocycles. The van der Waals surface area contributed by atoms with E-state index in [1.165, 1.54) is 34.3 Å². The van der Waals surface area contributed by atoms with E-state index in [0.29, 0.717) is 23.5 Å². The molecule has 2 rings (SSSR count). The van der Waals surface area contributed by atoms with Crippen LogP contribution >= 0.6 is 48.0 Å². The molecule has 214 valence electrons. The molecular weight excluding hydrogens is 597 g/mol. The molecule has 0 spiro atoms. The number of thioether (sulfide) groups is 2. The van der Waals surface area contributed by atoms with Crippen molar-refractivity contribution >= 4 is 65.0 Å². The SMILES string of the molecule is Cc1cn([C@@H]2O[C@H](CO[Si](C)(C)C(C)(C)C)[C@@H](OC(=S)SCCC#N)[C@H]2OC(=S)SCCC#N)c(=O)[nH]c1=O. The topological polar surface area (TPSA) is 139 Å². The van der Waals surface area contributed by atoms with Crippen molar-refractivity contribution in [1.82, 2.24) is 9.55 Å². The quantitative estimate of drug-likeness (QED) is 0.223. The second kappa shape index (κ2) is 14.8. The number of hydrogen-bond acceptors (Lipinski definition) is 12. The summed E-state index contributed by atoms with van der Waals surface area (Å²) in [7, 11) is -2.20. The van der Waals surface area contributed by atoms with E-state index in [1.807, 2.05) is 0 Å². The highest BCUT2D eigenvalue weighted by Gasteiger charge is 2.51. The molecule has 0 bridgehead atoms. The van der Waals surface area contributed by atoms with Gasteiger partial charge in [0.05, 0.1) is 18.7 Å². The van der Waals surface area contributed by atoms with Gasteiger partial charge >= 0.3 is 5.69 Å². The molecular formula is C24H34N4O6S4Si. The highest BCUT2D eigenvalue weighted by atomic mass is 32.2. The summed E-state index contributed by atoms with van der Waals surface area (Å²) in [5, 5.41) is 17.7. The van der Waals surface area contributed by atoms with Gasteiger partial charge in [0.15, 0.2) is 26.8 Å². The first-order chi connectivity index (χ1) is 18.2. The van der Waals surface area contributed by atoms with Crippen molar-refractivity contribution in [2.75, 3.05) is 18.1 Å². The maximum Gasteiger partial charge on any atom is 0.330 e. The summed E-state index contributed by atoms with van der Waals surface area (Å²) in [6, 6.07) is 4.13. The zero-order chi connectivity index (χ0) is 29.4. The second-order valence-electron chi connectivity index (χ2n) is 10.3. The molecule has 0 unspecified atom stereocenters. The first-order valence-corrected chi connectivity index (χ1v) is 17.9. The van der Waals surface area contributed by atoms with Crippen LogP contribution in [0.2, 0.25) is 18.1 Å². The zero-order valence-corrected chi connectivity index (χ0v) is 27.1. The van der Waals surface area contributed by atoms with Crippen LogP contribution in [0.5, 0.6) is 0 Å². The monoisotopic (exact) mass is 630 g/mol. The van der Waals surface area contributed by atoms with Crippen molar-refractivity contribution in [2.24, 2.45) is 0 Å². The standard InChI is InChI=1S/C24H34N4O6S4Si/c1-15-13-28(21(30)27-19(15)29)20-18(34-23(36)38-12-8-10-26)17(33-22(35)37-11-7-9-25)16(32-20)14-31-39(5,6)24(2,3)4/h13,16-18,20H,7-8,11-12,14H2,1-6H3,(H,27,29,30)/t16-,17-,18-,20-/m1/s1. The Morgan fingerprint density at radius 1 is 1.10 bits per heavy atom. The number of nitriles is 2. The summed E-state index contributed by atoms with van der Waals surface area (Å²) in [6.45, 7) is 12.3. The van der Waals surface area contributed by atoms with Crippen molar-refractivity contribution in [3.8, 4) is 12.1 Å². The van der Waals surface area contributed by atoms with Gasteiger partial charge in [-0.3, -0.25) is 14.3 Å². The van der Waals surface area contributed by atoms with E-state index >= 15 is 0 Å². The van der Waals surface area contributed by atoms with Gasteiger partial charge < -0.3 is 18.6 Å². The van der Waals surface area contributed by atoms with Gasteiger partial charge in [-0.1, -0.05) is 44.3 Å². The molecule has 1 aromatic rings. The molecule has 1 fully saturated rings. The largest absolute Gasteiger partial charge is 0.468 e. The van der Waals surface area contributed by atoms with Crippen molar-refractivity contribution in [1.29, 1.82) is 10.5 Å². The number of nitrogens with one attached hydrogen (secondary N) is 1. The van der Waals surface area contributed by atoms with Crippen LogP contribution in [0.15, 0.2) is 15.8 Å². The summed E-state index contributed by atoms with van der Waals surface area (Å²) in [6.07, 6.45) is -1.50. The van der Waals surface area contributed by atoms with Crippen molar-refractivity contribution in [3.05, 3.63) is 32.6 Å². The highest BCUT2D eigenvalue weighted by Crippen LogP contribution is 2.39. The van der Waals surface area contributed by atoms with E-state index in [4.69, 9.17) is 53.6 Å². The van der Waals surface area contributed by atoms with Crippen molar-refractivity contribution in [2.45, 2.75) is 83.2 Å². The number of rotatable bonds is 10. The number of thiocarbonyl (C=S) groups is 2. The maximum atomic E-state index is 12.9. The van der Waals surface area contributed by atoms with Crippen LogP contribution in [0, 0.1) is 29.6 Å². The van der Waals surface area contributed by atoms with Gasteiger partial charge in [-0.05, 0) is 49.5 Å². The molecule has 0 radical (unpaired) electrons. The first kappa shape index (κ1) is 33.5. The zero-order valence-electron chi connectivity index (χ0n) is 22.8. The molecule has 0 amide bonds. The van der Waals surface area contributed by atoms with Gasteiger partial charge in [0.1, 0.15) is 6.10 Å². The molecule has 39 heavy (non-hydrogen) atoms. The minimum atomic E-state index is -2.20. The van der Waals surface area contributed by atoms with Crippen LogP contribution in [-0.4, -0.2) is 63.1 Å². The third kappa shape index (κ3) is 9.42. The Kier molecular flexibility index (Phi) is 12.7. The third-order valence-corrected chi connectivity index (χ3v) is 13.3. The van der Waals surface area contributed by atoms with Gasteiger partial charge in [0.25, 0.3) is 5.56 Å². The molecule has 0 aliphatic carbocycles. The minimum absolute atomic E-state index is 0.0639. The minimum Gasteiger partial charge on any atom is -0.468 e. The number of hydrogen-bond donors (Lipinski definition) is 1. The fourth-order valence-electron chi connectivity index (χ4n) is 3.27. The van der Waals surface area contributed by atoms with Gasteiger partial charge in [-0.2, -0.15) is 10.5 Å². The highest BCUT2D eigenvalue weighted by molar-refractivity contribution is 8.22. The van der Waals surface area contributed by atoms with E-state index in [2.05, 4.69) is 51.0 Å². The first-order valence-electron chi connectivity index (χ1n) is 12.2. The van der Waals surface area contributed by atoms with E-state index in [0.717, 1.165) is 0 Å². The Balaban J connectivity index is 2.48. The molecule has 15 heteroatoms. The number of aromatic nitrogens is 2. The molecule has 1 N–H and O–H groups in total. The average Bonchev–Trinajstić information content (AvgIpc) is 3.16. The summed E-state index contributed by atoms with van der Waals surface area (Å²) in [5.74, 6) is 0.876. The number of aromatic amines is 1. The molecule has 0 aromatic carbocycles. The van der Waals surface area contributed by atoms with Gasteiger partial charge in [0, 0.05) is 36.1 Å². The Hall–Kier alpha value is -1.72. The van der Waals surface area contributed by atoms with Crippen molar-refractivity contribution < 1.29 is 18.6 Å². The molecule has 1 saturated heterocycles. The van der Waals surface area contributed by atoms with Crippen LogP contribution < -0.4 is 11.2 Å². The molecule has 1 aliphatic rings. The normalized spacial score (nSPS) is 21.1. The second-order valence-corrected chi connectivity index (χ2v) is 18.5. The summed E-state index contributed by atoms with van der Waals surface area (Å²) in [4.78, 5) is 27.2. The smallest absolute Gasteiger partial charge is 0.330 e. The number of aryl methyl sites for hydroxylation is 1. The van der Waals surface area contributed by atoms with E-state index in [-0.39, 0.29) is 26.8 Å². The van der Waals surface area contributed by atoms with Crippen molar-refractivity contribution in [3.63, 3.8) is 0 Å². The predicted molar refractivity (Wildman–Crippen MR) is 163 cm³/mol. The lowest BCUT2D eigenvalue weighted by Crippen LogP contribution is -2.46. The van der Waals surface area contributed by atoms with E-state index in [9.17, 15) is 9.59 Å². The van der Waals surface area contributed by atoms with Gasteiger partial charge in [-0.15, -0.1) is 0 Å². The molecule has 10 nitrogen and oxygen atoms in total. The predicted octanol–water partition coefficient (Wildman–Crippen LogP) is 4.40. The van der Waals surface area contributed by atoms with Crippen LogP contribution in [0.25, 0.3) is 0 Å². The Morgan fingerprint density at radius 2 is 1.64 bits per heavy atom. The Morgan fingerprint density at radius 3 is 2.15 bits per heavy atom.